The van der Waals surface area contributed by atoms with Gasteiger partial charge in [0.15, 0.2) is 0 Å². The highest BCUT2D eigenvalue weighted by molar-refractivity contribution is 6.39. The van der Waals surface area contributed by atoms with E-state index in [0.29, 0.717) is 12.1 Å². The highest BCUT2D eigenvalue weighted by atomic mass is 16.5. The van der Waals surface area contributed by atoms with Crippen LogP contribution in [-0.2, 0) is 9.59 Å². The third-order valence-corrected chi connectivity index (χ3v) is 3.39. The van der Waals surface area contributed by atoms with Gasteiger partial charge in [0.1, 0.15) is 11.5 Å². The van der Waals surface area contributed by atoms with Crippen LogP contribution in [0.5, 0.6) is 5.75 Å². The molecule has 6 nitrogen and oxygen atoms in total. The van der Waals surface area contributed by atoms with E-state index in [9.17, 15) is 9.59 Å². The van der Waals surface area contributed by atoms with Crippen LogP contribution in [0.2, 0.25) is 0 Å². The van der Waals surface area contributed by atoms with Crippen molar-refractivity contribution in [3.63, 3.8) is 0 Å². The van der Waals surface area contributed by atoms with Gasteiger partial charge in [-0.3, -0.25) is 9.59 Å². The zero-order chi connectivity index (χ0) is 15.2. The minimum atomic E-state index is -0.257. The van der Waals surface area contributed by atoms with Gasteiger partial charge >= 0.3 is 0 Å². The van der Waals surface area contributed by atoms with E-state index in [0.717, 1.165) is 17.7 Å². The lowest BCUT2D eigenvalue weighted by Crippen LogP contribution is -2.38. The molecular formula is C15H19N3O3. The summed E-state index contributed by atoms with van der Waals surface area (Å²) >= 11 is 0. The van der Waals surface area contributed by atoms with Gasteiger partial charge in [0.2, 0.25) is 5.91 Å². The van der Waals surface area contributed by atoms with Crippen molar-refractivity contribution in [2.45, 2.75) is 32.2 Å². The molecule has 1 atom stereocenters. The molecule has 1 aromatic rings. The molecule has 0 aliphatic carbocycles. The highest BCUT2D eigenvalue weighted by Gasteiger charge is 2.22. The Morgan fingerprint density at radius 2 is 2.19 bits per heavy atom. The van der Waals surface area contributed by atoms with E-state index in [-0.39, 0.29) is 24.3 Å². The number of benzene rings is 1. The van der Waals surface area contributed by atoms with Crippen molar-refractivity contribution < 1.29 is 14.3 Å². The number of nitrogens with zero attached hydrogens (tertiary/aromatic N) is 1. The fourth-order valence-corrected chi connectivity index (χ4v) is 2.23. The first-order chi connectivity index (χ1) is 10.2. The largest absolute Gasteiger partial charge is 0.496 e. The van der Waals surface area contributed by atoms with E-state index >= 15 is 0 Å². The van der Waals surface area contributed by atoms with Crippen molar-refractivity contribution in [2.24, 2.45) is 5.10 Å². The Morgan fingerprint density at radius 3 is 2.81 bits per heavy atom. The predicted molar refractivity (Wildman–Crippen MR) is 79.0 cm³/mol. The zero-order valence-corrected chi connectivity index (χ0v) is 12.2. The molecule has 1 aliphatic rings. The molecule has 1 aromatic carbocycles. The summed E-state index contributed by atoms with van der Waals surface area (Å²) in [6.45, 7) is 1.99. The van der Waals surface area contributed by atoms with Gasteiger partial charge in [0, 0.05) is 18.4 Å². The second-order valence-electron chi connectivity index (χ2n) is 4.77. The first-order valence-electron chi connectivity index (χ1n) is 6.94. The lowest BCUT2D eigenvalue weighted by atomic mass is 10.0. The Balaban J connectivity index is 2.12. The maximum absolute atomic E-state index is 12.2. The molecule has 6 heteroatoms. The second-order valence-corrected chi connectivity index (χ2v) is 4.77. The average molecular weight is 289 g/mol. The summed E-state index contributed by atoms with van der Waals surface area (Å²) in [5.41, 5.74) is 3.61. The zero-order valence-electron chi connectivity index (χ0n) is 12.2. The van der Waals surface area contributed by atoms with Crippen LogP contribution in [0, 0.1) is 0 Å². The first kappa shape index (κ1) is 15.0. The minimum Gasteiger partial charge on any atom is -0.496 e. The van der Waals surface area contributed by atoms with E-state index in [4.69, 9.17) is 4.74 Å². The maximum atomic E-state index is 12.2. The van der Waals surface area contributed by atoms with Gasteiger partial charge < -0.3 is 10.1 Å². The summed E-state index contributed by atoms with van der Waals surface area (Å²) in [5, 5.41) is 6.75. The van der Waals surface area contributed by atoms with Gasteiger partial charge in [-0.05, 0) is 12.5 Å². The number of hydrazone groups is 1. The van der Waals surface area contributed by atoms with Crippen LogP contribution >= 0.6 is 0 Å². The predicted octanol–water partition coefficient (Wildman–Crippen LogP) is 1.53. The van der Waals surface area contributed by atoms with Crippen LogP contribution < -0.4 is 15.5 Å². The van der Waals surface area contributed by atoms with Crippen molar-refractivity contribution in [3.05, 3.63) is 29.8 Å². The summed E-state index contributed by atoms with van der Waals surface area (Å²) in [6, 6.07) is 7.43. The average Bonchev–Trinajstić information content (AvgIpc) is 2.53. The molecule has 2 rings (SSSR count). The summed E-state index contributed by atoms with van der Waals surface area (Å²) in [5.74, 6) is 0.319. The lowest BCUT2D eigenvalue weighted by Gasteiger charge is -2.21. The molecule has 2 amide bonds. The normalized spacial score (nSPS) is 15.7. The van der Waals surface area contributed by atoms with Gasteiger partial charge in [0.25, 0.3) is 5.91 Å². The summed E-state index contributed by atoms with van der Waals surface area (Å²) in [4.78, 5) is 23.3. The van der Waals surface area contributed by atoms with Crippen LogP contribution in [-0.4, -0.2) is 24.6 Å². The molecule has 0 fully saturated rings. The first-order valence-corrected chi connectivity index (χ1v) is 6.94. The van der Waals surface area contributed by atoms with Crippen molar-refractivity contribution in [1.82, 2.24) is 10.7 Å². The maximum Gasteiger partial charge on any atom is 0.267 e. The highest BCUT2D eigenvalue weighted by Crippen LogP contribution is 2.26. The van der Waals surface area contributed by atoms with Gasteiger partial charge in [-0.1, -0.05) is 25.1 Å². The molecule has 0 saturated carbocycles. The third kappa shape index (κ3) is 3.59. The summed E-state index contributed by atoms with van der Waals surface area (Å²) in [6.07, 6.45) is 1.38. The summed E-state index contributed by atoms with van der Waals surface area (Å²) < 4.78 is 5.33. The third-order valence-electron chi connectivity index (χ3n) is 3.39. The molecule has 21 heavy (non-hydrogen) atoms. The van der Waals surface area contributed by atoms with Gasteiger partial charge in [-0.25, -0.2) is 5.43 Å². The van der Waals surface area contributed by atoms with Gasteiger partial charge in [0.05, 0.1) is 13.2 Å². The second kappa shape index (κ2) is 6.88. The van der Waals surface area contributed by atoms with Crippen LogP contribution in [0.25, 0.3) is 0 Å². The standard InChI is InChI=1S/C15H19N3O3/c1-3-11(10-6-4-5-7-13(10)21-2)16-15(20)12-8-9-14(19)18-17-12/h4-7,11H,3,8-9H2,1-2H3,(H,16,20)(H,18,19)/t11-/m1/s1. The molecule has 0 bridgehead atoms. The van der Waals surface area contributed by atoms with E-state index in [1.54, 1.807) is 7.11 Å². The Morgan fingerprint density at radius 1 is 1.43 bits per heavy atom. The fraction of sp³-hybridized carbons (Fsp3) is 0.400. The van der Waals surface area contributed by atoms with E-state index in [2.05, 4.69) is 15.8 Å². The Hall–Kier alpha value is -2.37. The van der Waals surface area contributed by atoms with Crippen LogP contribution in [0.3, 0.4) is 0 Å². The monoisotopic (exact) mass is 289 g/mol. The minimum absolute atomic E-state index is 0.158. The van der Waals surface area contributed by atoms with Crippen LogP contribution in [0.15, 0.2) is 29.4 Å². The molecule has 0 radical (unpaired) electrons. The molecule has 1 heterocycles. The molecule has 0 spiro atoms. The molecular weight excluding hydrogens is 270 g/mol. The lowest BCUT2D eigenvalue weighted by molar-refractivity contribution is -0.121. The SMILES string of the molecule is CC[C@@H](NC(=O)C1=NNC(=O)CC1)c1ccccc1OC. The number of hydrogen-bond donors (Lipinski definition) is 2. The number of amides is 2. The van der Waals surface area contributed by atoms with Crippen molar-refractivity contribution in [2.75, 3.05) is 7.11 Å². The van der Waals surface area contributed by atoms with E-state index < -0.39 is 0 Å². The number of para-hydroxylation sites is 1. The van der Waals surface area contributed by atoms with E-state index in [1.165, 1.54) is 0 Å². The molecule has 112 valence electrons. The Kier molecular flexibility index (Phi) is 4.92. The molecule has 1 aliphatic heterocycles. The number of carbonyl (C=O) groups excluding carboxylic acids is 2. The van der Waals surface area contributed by atoms with Crippen LogP contribution in [0.1, 0.15) is 37.8 Å². The number of hydrogen-bond acceptors (Lipinski definition) is 4. The van der Waals surface area contributed by atoms with E-state index in [1.807, 2.05) is 31.2 Å². The fourth-order valence-electron chi connectivity index (χ4n) is 2.23. The number of ether oxygens (including phenoxy) is 1. The topological polar surface area (TPSA) is 79.8 Å². The molecule has 0 saturated heterocycles. The smallest absolute Gasteiger partial charge is 0.267 e. The Bertz CT molecular complexity index is 569. The van der Waals surface area contributed by atoms with Crippen molar-refractivity contribution >= 4 is 17.5 Å². The number of rotatable bonds is 5. The van der Waals surface area contributed by atoms with Crippen molar-refractivity contribution in [3.8, 4) is 5.75 Å². The van der Waals surface area contributed by atoms with Crippen molar-refractivity contribution in [1.29, 1.82) is 0 Å². The Labute approximate surface area is 123 Å². The number of nitrogens with one attached hydrogen (secondary N) is 2. The molecule has 0 aromatic heterocycles. The van der Waals surface area contributed by atoms with Gasteiger partial charge in [-0.2, -0.15) is 5.10 Å². The van der Waals surface area contributed by atoms with Gasteiger partial charge in [-0.15, -0.1) is 0 Å². The molecule has 0 unspecified atom stereocenters. The summed E-state index contributed by atoms with van der Waals surface area (Å²) in [7, 11) is 1.61. The quantitative estimate of drug-likeness (QED) is 0.862. The molecule has 2 N–H and O–H groups in total. The van der Waals surface area contributed by atoms with Crippen LogP contribution in [0.4, 0.5) is 0 Å². The number of methoxy groups -OCH3 is 1. The number of carbonyl (C=O) groups is 2.